The normalized spacial score (nSPS) is 10.5. The molecule has 0 aliphatic carbocycles. The average molecular weight is 185 g/mol. The van der Waals surface area contributed by atoms with E-state index >= 15 is 0 Å². The summed E-state index contributed by atoms with van der Waals surface area (Å²) in [5.41, 5.74) is 0. The highest BCUT2D eigenvalue weighted by atomic mass is 16.7. The summed E-state index contributed by atoms with van der Waals surface area (Å²) in [6.07, 6.45) is 1.54. The number of nitrogens with zero attached hydrogens (tertiary/aromatic N) is 1. The second-order valence-corrected chi connectivity index (χ2v) is 2.09. The maximum absolute atomic E-state index is 10.00. The Balaban J connectivity index is 2.69. The zero-order chi connectivity index (χ0) is 9.84. The molecule has 6 nitrogen and oxygen atoms in total. The minimum absolute atomic E-state index is 0.326. The molecule has 6 heteroatoms. The summed E-state index contributed by atoms with van der Waals surface area (Å²) < 4.78 is 0.666. The van der Waals surface area contributed by atoms with Crippen molar-refractivity contribution < 1.29 is 25.0 Å². The number of rotatable bonds is 3. The van der Waals surface area contributed by atoms with E-state index in [0.29, 0.717) is 4.73 Å². The first-order valence-corrected chi connectivity index (χ1v) is 3.27. The summed E-state index contributed by atoms with van der Waals surface area (Å²) in [5.74, 6) is -1.84. The smallest absolute Gasteiger partial charge is 0.331 e. The van der Waals surface area contributed by atoms with E-state index in [9.17, 15) is 4.79 Å². The van der Waals surface area contributed by atoms with Gasteiger partial charge >= 0.3 is 5.97 Å². The fourth-order valence-electron chi connectivity index (χ4n) is 0.659. The first-order valence-electron chi connectivity index (χ1n) is 3.27. The standard InChI is InChI=1S/C7H7NO5/c9-5-1-2-6(10)8(5)13-4-3-7(11)12/h1-4,9-10H,(H,11,12). The van der Waals surface area contributed by atoms with Crippen molar-refractivity contribution in [1.82, 2.24) is 4.73 Å². The van der Waals surface area contributed by atoms with Crippen LogP contribution >= 0.6 is 0 Å². The van der Waals surface area contributed by atoms with Gasteiger partial charge in [-0.05, 0) is 0 Å². The lowest BCUT2D eigenvalue weighted by molar-refractivity contribution is -0.131. The maximum Gasteiger partial charge on any atom is 0.331 e. The molecule has 0 atom stereocenters. The van der Waals surface area contributed by atoms with Gasteiger partial charge in [0.15, 0.2) is 0 Å². The zero-order valence-corrected chi connectivity index (χ0v) is 6.41. The van der Waals surface area contributed by atoms with Crippen molar-refractivity contribution in [3.63, 3.8) is 0 Å². The summed E-state index contributed by atoms with van der Waals surface area (Å²) in [6.45, 7) is 0. The second-order valence-electron chi connectivity index (χ2n) is 2.09. The number of carboxylic acids is 1. The van der Waals surface area contributed by atoms with Gasteiger partial charge < -0.3 is 20.2 Å². The lowest BCUT2D eigenvalue weighted by Gasteiger charge is -2.02. The number of carboxylic acid groups (broad SMARTS) is 1. The minimum Gasteiger partial charge on any atom is -0.492 e. The molecule has 0 fully saturated rings. The highest BCUT2D eigenvalue weighted by molar-refractivity contribution is 5.79. The maximum atomic E-state index is 10.00. The molecule has 0 spiro atoms. The second kappa shape index (κ2) is 3.53. The Labute approximate surface area is 72.9 Å². The van der Waals surface area contributed by atoms with Crippen LogP contribution in [0.2, 0.25) is 0 Å². The molecule has 70 valence electrons. The molecule has 0 amide bonds. The van der Waals surface area contributed by atoms with Crippen LogP contribution in [-0.4, -0.2) is 26.0 Å². The third kappa shape index (κ3) is 2.16. The largest absolute Gasteiger partial charge is 0.492 e. The fraction of sp³-hybridized carbons (Fsp3) is 0. The van der Waals surface area contributed by atoms with Crippen LogP contribution in [0.5, 0.6) is 11.8 Å². The third-order valence-electron chi connectivity index (χ3n) is 1.17. The van der Waals surface area contributed by atoms with Crippen LogP contribution in [0.1, 0.15) is 0 Å². The fourth-order valence-corrected chi connectivity index (χ4v) is 0.659. The van der Waals surface area contributed by atoms with Crippen LogP contribution in [0, 0.1) is 0 Å². The summed E-state index contributed by atoms with van der Waals surface area (Å²) >= 11 is 0. The van der Waals surface area contributed by atoms with Crippen LogP contribution < -0.4 is 4.84 Å². The third-order valence-corrected chi connectivity index (χ3v) is 1.17. The molecular formula is C7H7NO5. The Kier molecular flexibility index (Phi) is 2.44. The number of aromatic nitrogens is 1. The van der Waals surface area contributed by atoms with E-state index in [2.05, 4.69) is 4.84 Å². The highest BCUT2D eigenvalue weighted by Crippen LogP contribution is 2.18. The van der Waals surface area contributed by atoms with Gasteiger partial charge in [0.25, 0.3) is 0 Å². The van der Waals surface area contributed by atoms with Gasteiger partial charge in [-0.3, -0.25) is 0 Å². The van der Waals surface area contributed by atoms with Crippen LogP contribution in [0.15, 0.2) is 24.5 Å². The van der Waals surface area contributed by atoms with Gasteiger partial charge in [0.2, 0.25) is 11.8 Å². The van der Waals surface area contributed by atoms with Gasteiger partial charge in [0.1, 0.15) is 6.26 Å². The van der Waals surface area contributed by atoms with E-state index in [-0.39, 0.29) is 11.8 Å². The summed E-state index contributed by atoms with van der Waals surface area (Å²) in [6, 6.07) is 2.40. The van der Waals surface area contributed by atoms with E-state index in [4.69, 9.17) is 15.3 Å². The molecular weight excluding hydrogens is 178 g/mol. The van der Waals surface area contributed by atoms with Gasteiger partial charge in [-0.15, -0.1) is 4.73 Å². The summed E-state index contributed by atoms with van der Waals surface area (Å²) in [4.78, 5) is 14.6. The Hall–Kier alpha value is -2.11. The summed E-state index contributed by atoms with van der Waals surface area (Å²) in [5, 5.41) is 26.2. The van der Waals surface area contributed by atoms with Gasteiger partial charge in [-0.25, -0.2) is 4.79 Å². The molecule has 0 bridgehead atoms. The van der Waals surface area contributed by atoms with Gasteiger partial charge in [0.05, 0.1) is 6.08 Å². The van der Waals surface area contributed by atoms with E-state index in [1.54, 1.807) is 0 Å². The first kappa shape index (κ1) is 8.98. The zero-order valence-electron chi connectivity index (χ0n) is 6.41. The molecule has 0 unspecified atom stereocenters. The monoisotopic (exact) mass is 185 g/mol. The molecule has 0 saturated heterocycles. The summed E-state index contributed by atoms with van der Waals surface area (Å²) in [7, 11) is 0. The number of aromatic hydroxyl groups is 2. The van der Waals surface area contributed by atoms with E-state index < -0.39 is 5.97 Å². The average Bonchev–Trinajstić information content (AvgIpc) is 2.34. The lowest BCUT2D eigenvalue weighted by atomic mass is 10.6. The molecule has 1 heterocycles. The molecule has 1 aromatic heterocycles. The molecule has 3 N–H and O–H groups in total. The number of hydrogen-bond acceptors (Lipinski definition) is 4. The molecule has 0 aliphatic rings. The van der Waals surface area contributed by atoms with E-state index in [0.717, 1.165) is 12.3 Å². The minimum atomic E-state index is -1.19. The van der Waals surface area contributed by atoms with Crippen LogP contribution in [0.25, 0.3) is 0 Å². The Morgan fingerprint density at radius 3 is 2.38 bits per heavy atom. The van der Waals surface area contributed by atoms with E-state index in [1.807, 2.05) is 0 Å². The molecule has 1 rings (SSSR count). The molecule has 0 saturated carbocycles. The molecule has 0 aliphatic heterocycles. The number of carbonyl (C=O) groups is 1. The van der Waals surface area contributed by atoms with Crippen LogP contribution in [0.4, 0.5) is 0 Å². The van der Waals surface area contributed by atoms with Crippen LogP contribution in [-0.2, 0) is 4.79 Å². The van der Waals surface area contributed by atoms with Gasteiger partial charge in [0, 0.05) is 12.1 Å². The number of hydrogen-bond donors (Lipinski definition) is 3. The van der Waals surface area contributed by atoms with Gasteiger partial charge in [-0.1, -0.05) is 0 Å². The van der Waals surface area contributed by atoms with Crippen molar-refractivity contribution >= 4 is 5.97 Å². The Morgan fingerprint density at radius 1 is 1.38 bits per heavy atom. The quantitative estimate of drug-likeness (QED) is 0.452. The number of aliphatic carboxylic acids is 1. The predicted molar refractivity (Wildman–Crippen MR) is 41.1 cm³/mol. The van der Waals surface area contributed by atoms with Crippen LogP contribution in [0.3, 0.4) is 0 Å². The Morgan fingerprint density at radius 2 is 1.92 bits per heavy atom. The molecule has 13 heavy (non-hydrogen) atoms. The van der Waals surface area contributed by atoms with Crippen molar-refractivity contribution in [3.8, 4) is 11.8 Å². The highest BCUT2D eigenvalue weighted by Gasteiger charge is 2.04. The van der Waals surface area contributed by atoms with Crippen molar-refractivity contribution in [1.29, 1.82) is 0 Å². The topological polar surface area (TPSA) is 91.9 Å². The van der Waals surface area contributed by atoms with Gasteiger partial charge in [-0.2, -0.15) is 0 Å². The SMILES string of the molecule is O=C(O)C=COn1c(O)ccc1O. The van der Waals surface area contributed by atoms with Crippen molar-refractivity contribution in [2.45, 2.75) is 0 Å². The lowest BCUT2D eigenvalue weighted by Crippen LogP contribution is -2.03. The predicted octanol–water partition coefficient (Wildman–Crippen LogP) is -0.0738. The Bertz CT molecular complexity index is 321. The first-order chi connectivity index (χ1) is 6.11. The van der Waals surface area contributed by atoms with Crippen molar-refractivity contribution in [2.24, 2.45) is 0 Å². The molecule has 0 aromatic carbocycles. The van der Waals surface area contributed by atoms with Crippen molar-refractivity contribution in [3.05, 3.63) is 24.5 Å². The molecule has 1 aromatic rings. The van der Waals surface area contributed by atoms with Crippen molar-refractivity contribution in [2.75, 3.05) is 0 Å². The van der Waals surface area contributed by atoms with E-state index in [1.165, 1.54) is 12.1 Å². The molecule has 0 radical (unpaired) electrons.